The Hall–Kier alpha value is -1.60. The Kier molecular flexibility index (Phi) is 10.4. The smallest absolute Gasteiger partial charge is 0.305 e. The van der Waals surface area contributed by atoms with E-state index in [1.807, 2.05) is 6.07 Å². The quantitative estimate of drug-likeness (QED) is 0.400. The molecule has 0 aliphatic heterocycles. The van der Waals surface area contributed by atoms with Crippen molar-refractivity contribution in [1.29, 1.82) is 0 Å². The Morgan fingerprint density at radius 2 is 1.79 bits per heavy atom. The van der Waals surface area contributed by atoms with E-state index < -0.39 is 0 Å². The second-order valence-corrected chi connectivity index (χ2v) is 8.04. The predicted molar refractivity (Wildman–Crippen MR) is 117 cm³/mol. The number of nitrogens with zero attached hydrogens (tertiary/aromatic N) is 1. The van der Waals surface area contributed by atoms with Crippen LogP contribution < -0.4 is 16.2 Å². The number of hydrazine groups is 1. The van der Waals surface area contributed by atoms with Gasteiger partial charge in [0.05, 0.1) is 6.54 Å². The maximum Gasteiger partial charge on any atom is 0.305 e. The summed E-state index contributed by atoms with van der Waals surface area (Å²) in [5, 5.41) is 3.72. The summed E-state index contributed by atoms with van der Waals surface area (Å²) >= 11 is 5.27. The van der Waals surface area contributed by atoms with E-state index in [9.17, 15) is 4.79 Å². The van der Waals surface area contributed by atoms with Crippen LogP contribution in [0.3, 0.4) is 0 Å². The molecule has 0 spiro atoms. The van der Waals surface area contributed by atoms with Gasteiger partial charge in [-0.05, 0) is 63.1 Å². The first-order valence-corrected chi connectivity index (χ1v) is 11.2. The number of furan rings is 1. The molecule has 1 amide bonds. The molecule has 1 saturated carbocycles. The van der Waals surface area contributed by atoms with E-state index >= 15 is 0 Å². The van der Waals surface area contributed by atoms with Crippen molar-refractivity contribution in [3.63, 3.8) is 0 Å². The monoisotopic (exact) mass is 408 g/mol. The molecule has 6 nitrogen and oxygen atoms in total. The minimum Gasteiger partial charge on any atom is -0.454 e. The van der Waals surface area contributed by atoms with Crippen molar-refractivity contribution >= 4 is 23.2 Å². The summed E-state index contributed by atoms with van der Waals surface area (Å²) in [6, 6.07) is 4.01. The van der Waals surface area contributed by atoms with Gasteiger partial charge in [0.15, 0.2) is 10.9 Å². The van der Waals surface area contributed by atoms with Crippen LogP contribution in [0.25, 0.3) is 0 Å². The van der Waals surface area contributed by atoms with E-state index in [0.29, 0.717) is 16.9 Å². The molecule has 1 heterocycles. The SMILES string of the molecule is CCCCN(CCCC)Cc1ccc(C(=O)NNC(=S)NC2CCCCC2)o1. The summed E-state index contributed by atoms with van der Waals surface area (Å²) in [6.07, 6.45) is 10.7. The summed E-state index contributed by atoms with van der Waals surface area (Å²) in [4.78, 5) is 14.7. The molecule has 0 atom stereocenters. The second-order valence-electron chi connectivity index (χ2n) is 7.64. The lowest BCUT2D eigenvalue weighted by atomic mass is 9.96. The van der Waals surface area contributed by atoms with Crippen molar-refractivity contribution in [3.05, 3.63) is 23.7 Å². The van der Waals surface area contributed by atoms with Crippen LogP contribution in [0.1, 0.15) is 87.9 Å². The third-order valence-electron chi connectivity index (χ3n) is 5.15. The molecule has 3 N–H and O–H groups in total. The highest BCUT2D eigenvalue weighted by molar-refractivity contribution is 7.80. The molecule has 1 aliphatic carbocycles. The molecule has 0 radical (unpaired) electrons. The number of carbonyl (C=O) groups excluding carboxylic acids is 1. The molecule has 1 aliphatic rings. The van der Waals surface area contributed by atoms with Gasteiger partial charge in [-0.3, -0.25) is 20.5 Å². The Morgan fingerprint density at radius 3 is 2.43 bits per heavy atom. The van der Waals surface area contributed by atoms with Gasteiger partial charge in [0.2, 0.25) is 0 Å². The fourth-order valence-corrected chi connectivity index (χ4v) is 3.70. The van der Waals surface area contributed by atoms with E-state index in [-0.39, 0.29) is 5.91 Å². The molecule has 2 rings (SSSR count). The largest absolute Gasteiger partial charge is 0.454 e. The van der Waals surface area contributed by atoms with Crippen molar-refractivity contribution in [3.8, 4) is 0 Å². The molecule has 158 valence electrons. The summed E-state index contributed by atoms with van der Waals surface area (Å²) < 4.78 is 5.76. The van der Waals surface area contributed by atoms with Gasteiger partial charge in [0.25, 0.3) is 0 Å². The number of amides is 1. The molecular weight excluding hydrogens is 372 g/mol. The first-order valence-electron chi connectivity index (χ1n) is 10.8. The van der Waals surface area contributed by atoms with E-state index in [1.165, 1.54) is 44.9 Å². The van der Waals surface area contributed by atoms with Gasteiger partial charge in [-0.1, -0.05) is 46.0 Å². The molecule has 0 aromatic carbocycles. The van der Waals surface area contributed by atoms with Crippen molar-refractivity contribution in [2.24, 2.45) is 0 Å². The summed E-state index contributed by atoms with van der Waals surface area (Å²) in [5.74, 6) is 0.807. The Morgan fingerprint density at radius 1 is 1.11 bits per heavy atom. The number of unbranched alkanes of at least 4 members (excludes halogenated alkanes) is 2. The first kappa shape index (κ1) is 22.7. The van der Waals surface area contributed by atoms with Crippen LogP contribution in [0.2, 0.25) is 0 Å². The van der Waals surface area contributed by atoms with E-state index in [4.69, 9.17) is 16.6 Å². The first-order chi connectivity index (χ1) is 13.6. The number of rotatable bonds is 10. The van der Waals surface area contributed by atoms with Crippen LogP contribution in [0.4, 0.5) is 0 Å². The minimum absolute atomic E-state index is 0.300. The lowest BCUT2D eigenvalue weighted by molar-refractivity contribution is 0.0911. The molecular formula is C21H36N4O2S. The van der Waals surface area contributed by atoms with Gasteiger partial charge in [0.1, 0.15) is 5.76 Å². The maximum atomic E-state index is 12.3. The average Bonchev–Trinajstić information content (AvgIpc) is 3.17. The van der Waals surface area contributed by atoms with Gasteiger partial charge in [-0.25, -0.2) is 0 Å². The van der Waals surface area contributed by atoms with Crippen LogP contribution in [0.5, 0.6) is 0 Å². The van der Waals surface area contributed by atoms with Crippen LogP contribution in [0, 0.1) is 0 Å². The third kappa shape index (κ3) is 8.19. The second kappa shape index (κ2) is 12.8. The Labute approximate surface area is 174 Å². The molecule has 1 aromatic rings. The number of thiocarbonyl (C=S) groups is 1. The fraction of sp³-hybridized carbons (Fsp3) is 0.714. The topological polar surface area (TPSA) is 69.5 Å². The van der Waals surface area contributed by atoms with Crippen LogP contribution in [-0.4, -0.2) is 35.1 Å². The molecule has 7 heteroatoms. The minimum atomic E-state index is -0.312. The number of hydrogen-bond acceptors (Lipinski definition) is 4. The maximum absolute atomic E-state index is 12.3. The highest BCUT2D eigenvalue weighted by Gasteiger charge is 2.16. The van der Waals surface area contributed by atoms with Crippen molar-refractivity contribution in [2.45, 2.75) is 84.2 Å². The zero-order valence-electron chi connectivity index (χ0n) is 17.4. The predicted octanol–water partition coefficient (Wildman–Crippen LogP) is 4.12. The number of hydrogen-bond donors (Lipinski definition) is 3. The molecule has 0 saturated heterocycles. The van der Waals surface area contributed by atoms with Crippen molar-refractivity contribution in [2.75, 3.05) is 13.1 Å². The fourth-order valence-electron chi connectivity index (χ4n) is 3.48. The molecule has 1 fully saturated rings. The van der Waals surface area contributed by atoms with Crippen molar-refractivity contribution in [1.82, 2.24) is 21.1 Å². The summed E-state index contributed by atoms with van der Waals surface area (Å²) in [6.45, 7) is 7.26. The average molecular weight is 409 g/mol. The van der Waals surface area contributed by atoms with E-state index in [0.717, 1.165) is 38.2 Å². The van der Waals surface area contributed by atoms with Gasteiger partial charge >= 0.3 is 5.91 Å². The molecule has 1 aromatic heterocycles. The third-order valence-corrected chi connectivity index (χ3v) is 5.37. The van der Waals surface area contributed by atoms with Gasteiger partial charge in [-0.2, -0.15) is 0 Å². The summed E-state index contributed by atoms with van der Waals surface area (Å²) in [5.41, 5.74) is 5.41. The lowest BCUT2D eigenvalue weighted by Crippen LogP contribution is -2.50. The van der Waals surface area contributed by atoms with Gasteiger partial charge in [0, 0.05) is 6.04 Å². The molecule has 0 bridgehead atoms. The molecule has 0 unspecified atom stereocenters. The van der Waals surface area contributed by atoms with E-state index in [2.05, 4.69) is 34.9 Å². The number of carbonyl (C=O) groups is 1. The Bertz CT molecular complexity index is 591. The van der Waals surface area contributed by atoms with Crippen LogP contribution in [0.15, 0.2) is 16.5 Å². The standard InChI is InChI=1S/C21H36N4O2S/c1-3-5-14-25(15-6-4-2)16-18-12-13-19(27-18)20(26)23-24-21(28)22-17-10-8-7-9-11-17/h12-13,17H,3-11,14-16H2,1-2H3,(H,23,26)(H2,22,24,28). The highest BCUT2D eigenvalue weighted by atomic mass is 32.1. The Balaban J connectivity index is 1.77. The number of nitrogens with one attached hydrogen (secondary N) is 3. The van der Waals surface area contributed by atoms with Gasteiger partial charge in [-0.15, -0.1) is 0 Å². The van der Waals surface area contributed by atoms with E-state index in [1.54, 1.807) is 6.07 Å². The zero-order valence-corrected chi connectivity index (χ0v) is 18.2. The zero-order chi connectivity index (χ0) is 20.2. The van der Waals surface area contributed by atoms with Crippen LogP contribution >= 0.6 is 12.2 Å². The van der Waals surface area contributed by atoms with Crippen molar-refractivity contribution < 1.29 is 9.21 Å². The van der Waals surface area contributed by atoms with Crippen LogP contribution in [-0.2, 0) is 6.54 Å². The normalized spacial score (nSPS) is 14.8. The highest BCUT2D eigenvalue weighted by Crippen LogP contribution is 2.17. The van der Waals surface area contributed by atoms with Gasteiger partial charge < -0.3 is 9.73 Å². The molecule has 28 heavy (non-hydrogen) atoms. The summed E-state index contributed by atoms with van der Waals surface area (Å²) in [7, 11) is 0. The lowest BCUT2D eigenvalue weighted by Gasteiger charge is -2.24.